The van der Waals surface area contributed by atoms with Crippen LogP contribution in [0.15, 0.2) is 35.2 Å². The van der Waals surface area contributed by atoms with Gasteiger partial charge in [0, 0.05) is 23.6 Å². The van der Waals surface area contributed by atoms with E-state index in [4.69, 9.17) is 5.73 Å². The summed E-state index contributed by atoms with van der Waals surface area (Å²) >= 11 is 1.72. The highest BCUT2D eigenvalue weighted by molar-refractivity contribution is 7.98. The van der Waals surface area contributed by atoms with Gasteiger partial charge in [0.2, 0.25) is 0 Å². The molecular weight excluding hydrogens is 206 g/mol. The molecular formula is C11H13N3S. The summed E-state index contributed by atoms with van der Waals surface area (Å²) in [5.41, 5.74) is 7.77. The third-order valence-corrected chi connectivity index (χ3v) is 3.01. The molecule has 3 nitrogen and oxygen atoms in total. The third-order valence-electron chi connectivity index (χ3n) is 2.28. The van der Waals surface area contributed by atoms with Crippen LogP contribution in [0, 0.1) is 0 Å². The molecule has 2 aromatic rings. The number of nitrogen functional groups attached to an aromatic ring is 1. The number of hydrogen-bond acceptors (Lipinski definition) is 3. The summed E-state index contributed by atoms with van der Waals surface area (Å²) in [5, 5.41) is 4.34. The van der Waals surface area contributed by atoms with Crippen LogP contribution in [0.25, 0.3) is 11.3 Å². The highest BCUT2D eigenvalue weighted by atomic mass is 32.2. The zero-order chi connectivity index (χ0) is 10.8. The Kier molecular flexibility index (Phi) is 2.68. The molecule has 0 aliphatic carbocycles. The van der Waals surface area contributed by atoms with Gasteiger partial charge in [0.25, 0.3) is 0 Å². The van der Waals surface area contributed by atoms with E-state index >= 15 is 0 Å². The molecule has 0 spiro atoms. The SMILES string of the molecule is CSc1cccc(-c2cc(N)n(C)n2)c1. The molecule has 0 saturated carbocycles. The van der Waals surface area contributed by atoms with Gasteiger partial charge in [-0.25, -0.2) is 0 Å². The zero-order valence-corrected chi connectivity index (χ0v) is 9.58. The molecule has 0 unspecified atom stereocenters. The Morgan fingerprint density at radius 3 is 2.73 bits per heavy atom. The van der Waals surface area contributed by atoms with Crippen molar-refractivity contribution in [2.24, 2.45) is 7.05 Å². The van der Waals surface area contributed by atoms with Crippen molar-refractivity contribution >= 4 is 17.6 Å². The molecule has 2 N–H and O–H groups in total. The highest BCUT2D eigenvalue weighted by Crippen LogP contribution is 2.24. The zero-order valence-electron chi connectivity index (χ0n) is 8.77. The quantitative estimate of drug-likeness (QED) is 0.789. The van der Waals surface area contributed by atoms with Gasteiger partial charge in [0.05, 0.1) is 5.69 Å². The minimum Gasteiger partial charge on any atom is -0.384 e. The van der Waals surface area contributed by atoms with Crippen molar-refractivity contribution < 1.29 is 0 Å². The van der Waals surface area contributed by atoms with Crippen LogP contribution < -0.4 is 5.73 Å². The first kappa shape index (κ1) is 10.1. The van der Waals surface area contributed by atoms with Crippen molar-refractivity contribution in [3.8, 4) is 11.3 Å². The fraction of sp³-hybridized carbons (Fsp3) is 0.182. The lowest BCUT2D eigenvalue weighted by Gasteiger charge is -1.99. The maximum absolute atomic E-state index is 5.74. The van der Waals surface area contributed by atoms with Gasteiger partial charge in [-0.15, -0.1) is 11.8 Å². The standard InChI is InChI=1S/C11H13N3S/c1-14-11(12)7-10(13-14)8-4-3-5-9(6-8)15-2/h3-7H,12H2,1-2H3. The number of rotatable bonds is 2. The number of aromatic nitrogens is 2. The second kappa shape index (κ2) is 3.98. The van der Waals surface area contributed by atoms with E-state index in [-0.39, 0.29) is 0 Å². The van der Waals surface area contributed by atoms with Crippen LogP contribution in [0.1, 0.15) is 0 Å². The minimum absolute atomic E-state index is 0.680. The van der Waals surface area contributed by atoms with E-state index in [0.717, 1.165) is 11.3 Å². The maximum Gasteiger partial charge on any atom is 0.121 e. The average molecular weight is 219 g/mol. The molecule has 15 heavy (non-hydrogen) atoms. The van der Waals surface area contributed by atoms with Crippen molar-refractivity contribution in [2.45, 2.75) is 4.90 Å². The summed E-state index contributed by atoms with van der Waals surface area (Å²) < 4.78 is 1.68. The first-order chi connectivity index (χ1) is 7.20. The summed E-state index contributed by atoms with van der Waals surface area (Å²) in [5.74, 6) is 0.680. The topological polar surface area (TPSA) is 43.8 Å². The second-order valence-electron chi connectivity index (χ2n) is 3.31. The Labute approximate surface area is 93.3 Å². The van der Waals surface area contributed by atoms with Crippen molar-refractivity contribution in [3.63, 3.8) is 0 Å². The Morgan fingerprint density at radius 2 is 2.13 bits per heavy atom. The van der Waals surface area contributed by atoms with E-state index in [9.17, 15) is 0 Å². The van der Waals surface area contributed by atoms with Crippen LogP contribution >= 0.6 is 11.8 Å². The average Bonchev–Trinajstić information content (AvgIpc) is 2.59. The van der Waals surface area contributed by atoms with E-state index < -0.39 is 0 Å². The van der Waals surface area contributed by atoms with Gasteiger partial charge < -0.3 is 5.73 Å². The van der Waals surface area contributed by atoms with Crippen LogP contribution in [-0.4, -0.2) is 16.0 Å². The van der Waals surface area contributed by atoms with Crippen LogP contribution in [0.4, 0.5) is 5.82 Å². The lowest BCUT2D eigenvalue weighted by atomic mass is 10.1. The number of nitrogens with zero attached hydrogens (tertiary/aromatic N) is 2. The number of anilines is 1. The molecule has 2 rings (SSSR count). The fourth-order valence-electron chi connectivity index (χ4n) is 1.41. The number of hydrogen-bond donors (Lipinski definition) is 1. The summed E-state index contributed by atoms with van der Waals surface area (Å²) in [6.45, 7) is 0. The van der Waals surface area contributed by atoms with E-state index in [1.807, 2.05) is 25.2 Å². The summed E-state index contributed by atoms with van der Waals surface area (Å²) in [4.78, 5) is 1.23. The monoisotopic (exact) mass is 219 g/mol. The van der Waals surface area contributed by atoms with Crippen molar-refractivity contribution in [1.82, 2.24) is 9.78 Å². The molecule has 0 saturated heterocycles. The number of nitrogens with two attached hydrogens (primary N) is 1. The Morgan fingerprint density at radius 1 is 1.33 bits per heavy atom. The predicted octanol–water partition coefficient (Wildman–Crippen LogP) is 2.39. The van der Waals surface area contributed by atoms with Crippen molar-refractivity contribution in [1.29, 1.82) is 0 Å². The number of aryl methyl sites for hydroxylation is 1. The fourth-order valence-corrected chi connectivity index (χ4v) is 1.86. The molecule has 4 heteroatoms. The van der Waals surface area contributed by atoms with E-state index in [1.54, 1.807) is 16.4 Å². The van der Waals surface area contributed by atoms with Crippen molar-refractivity contribution in [3.05, 3.63) is 30.3 Å². The summed E-state index contributed by atoms with van der Waals surface area (Å²) in [6.07, 6.45) is 2.06. The first-order valence-electron chi connectivity index (χ1n) is 4.64. The van der Waals surface area contributed by atoms with Crippen LogP contribution in [-0.2, 0) is 7.05 Å². The van der Waals surface area contributed by atoms with Crippen molar-refractivity contribution in [2.75, 3.05) is 12.0 Å². The van der Waals surface area contributed by atoms with Gasteiger partial charge in [-0.05, 0) is 18.4 Å². The maximum atomic E-state index is 5.74. The van der Waals surface area contributed by atoms with Crippen LogP contribution in [0.2, 0.25) is 0 Å². The second-order valence-corrected chi connectivity index (χ2v) is 4.19. The highest BCUT2D eigenvalue weighted by Gasteiger charge is 2.04. The lowest BCUT2D eigenvalue weighted by Crippen LogP contribution is -1.96. The Bertz CT molecular complexity index is 457. The van der Waals surface area contributed by atoms with E-state index in [2.05, 4.69) is 23.5 Å². The molecule has 1 aromatic carbocycles. The Hall–Kier alpha value is -1.42. The van der Waals surface area contributed by atoms with Gasteiger partial charge in [0.1, 0.15) is 5.82 Å². The molecule has 0 fully saturated rings. The van der Waals surface area contributed by atoms with Crippen LogP contribution in [0.5, 0.6) is 0 Å². The van der Waals surface area contributed by atoms with Crippen LogP contribution in [0.3, 0.4) is 0 Å². The molecule has 1 aromatic heterocycles. The lowest BCUT2D eigenvalue weighted by molar-refractivity contribution is 0.782. The summed E-state index contributed by atoms with van der Waals surface area (Å²) in [6, 6.07) is 10.2. The normalized spacial score (nSPS) is 10.5. The van der Waals surface area contributed by atoms with Gasteiger partial charge >= 0.3 is 0 Å². The first-order valence-corrected chi connectivity index (χ1v) is 5.87. The van der Waals surface area contributed by atoms with Gasteiger partial charge in [0.15, 0.2) is 0 Å². The van der Waals surface area contributed by atoms with E-state index in [0.29, 0.717) is 5.82 Å². The number of benzene rings is 1. The molecule has 0 radical (unpaired) electrons. The number of thioether (sulfide) groups is 1. The Balaban J connectivity index is 2.44. The summed E-state index contributed by atoms with van der Waals surface area (Å²) in [7, 11) is 1.84. The van der Waals surface area contributed by atoms with Gasteiger partial charge in [-0.2, -0.15) is 5.10 Å². The smallest absolute Gasteiger partial charge is 0.121 e. The molecule has 0 aliphatic heterocycles. The molecule has 0 bridgehead atoms. The largest absolute Gasteiger partial charge is 0.384 e. The molecule has 0 aliphatic rings. The molecule has 78 valence electrons. The minimum atomic E-state index is 0.680. The molecule has 1 heterocycles. The molecule has 0 amide bonds. The van der Waals surface area contributed by atoms with Gasteiger partial charge in [-0.3, -0.25) is 4.68 Å². The van der Waals surface area contributed by atoms with E-state index in [1.165, 1.54) is 4.90 Å². The third kappa shape index (κ3) is 1.99. The predicted molar refractivity (Wildman–Crippen MR) is 64.8 cm³/mol. The van der Waals surface area contributed by atoms with Gasteiger partial charge in [-0.1, -0.05) is 12.1 Å². The molecule has 0 atom stereocenters.